The molecule has 3 rings (SSSR count). The highest BCUT2D eigenvalue weighted by Gasteiger charge is 2.35. The summed E-state index contributed by atoms with van der Waals surface area (Å²) in [6.07, 6.45) is -1.74. The zero-order valence-electron chi connectivity index (χ0n) is 13.9. The lowest BCUT2D eigenvalue weighted by molar-refractivity contribution is -0.141. The molecule has 8 heteroatoms. The highest BCUT2D eigenvalue weighted by Crippen LogP contribution is 2.40. The summed E-state index contributed by atoms with van der Waals surface area (Å²) >= 11 is 0. The van der Waals surface area contributed by atoms with Gasteiger partial charge >= 0.3 is 6.18 Å². The van der Waals surface area contributed by atoms with Gasteiger partial charge in [0.15, 0.2) is 0 Å². The Balaban J connectivity index is 1.96. The van der Waals surface area contributed by atoms with Gasteiger partial charge < -0.3 is 14.4 Å². The summed E-state index contributed by atoms with van der Waals surface area (Å²) in [5.41, 5.74) is -0.0633. The van der Waals surface area contributed by atoms with Crippen molar-refractivity contribution in [1.29, 1.82) is 0 Å². The third-order valence-corrected chi connectivity index (χ3v) is 4.24. The fraction of sp³-hybridized carbons (Fsp3) is 0.412. The van der Waals surface area contributed by atoms with E-state index >= 15 is 0 Å². The molecule has 1 fully saturated rings. The monoisotopic (exact) mass is 353 g/mol. The van der Waals surface area contributed by atoms with Crippen molar-refractivity contribution in [3.8, 4) is 11.5 Å². The minimum Gasteiger partial charge on any atom is -0.497 e. The normalized spacial score (nSPS) is 17.6. The highest BCUT2D eigenvalue weighted by molar-refractivity contribution is 5.48. The first-order valence-corrected chi connectivity index (χ1v) is 7.83. The average molecular weight is 353 g/mol. The number of anilines is 1. The molecule has 0 bridgehead atoms. The summed E-state index contributed by atoms with van der Waals surface area (Å²) in [5, 5.41) is 0. The van der Waals surface area contributed by atoms with Crippen LogP contribution >= 0.6 is 0 Å². The molecule has 0 N–H and O–H groups in total. The van der Waals surface area contributed by atoms with Crippen LogP contribution < -0.4 is 14.4 Å². The Hall–Kier alpha value is -2.51. The van der Waals surface area contributed by atoms with Crippen LogP contribution in [0.4, 0.5) is 19.1 Å². The molecule has 134 valence electrons. The lowest BCUT2D eigenvalue weighted by atomic mass is 10.0. The summed E-state index contributed by atoms with van der Waals surface area (Å²) in [6, 6.07) is 6.17. The summed E-state index contributed by atoms with van der Waals surface area (Å²) in [7, 11) is 3.12. The van der Waals surface area contributed by atoms with Crippen molar-refractivity contribution in [2.45, 2.75) is 25.1 Å². The van der Waals surface area contributed by atoms with Crippen LogP contribution in [0.1, 0.15) is 30.1 Å². The summed E-state index contributed by atoms with van der Waals surface area (Å²) < 4.78 is 49.4. The molecule has 1 atom stereocenters. The summed E-state index contributed by atoms with van der Waals surface area (Å²) in [4.78, 5) is 9.56. The zero-order chi connectivity index (χ0) is 18.0. The number of rotatable bonds is 4. The smallest absolute Gasteiger partial charge is 0.433 e. The van der Waals surface area contributed by atoms with E-state index in [2.05, 4.69) is 9.97 Å². The van der Waals surface area contributed by atoms with Gasteiger partial charge in [-0.15, -0.1) is 0 Å². The fourth-order valence-corrected chi connectivity index (χ4v) is 3.07. The van der Waals surface area contributed by atoms with Crippen molar-refractivity contribution < 1.29 is 22.6 Å². The largest absolute Gasteiger partial charge is 0.497 e. The molecule has 1 aromatic carbocycles. The highest BCUT2D eigenvalue weighted by atomic mass is 19.4. The number of alkyl halides is 3. The number of ether oxygens (including phenoxy) is 2. The molecular formula is C17H18F3N3O2. The maximum Gasteiger partial charge on any atom is 0.433 e. The van der Waals surface area contributed by atoms with Gasteiger partial charge in [0.05, 0.1) is 20.3 Å². The molecule has 1 aliphatic heterocycles. The second kappa shape index (κ2) is 6.78. The Morgan fingerprint density at radius 1 is 1.16 bits per heavy atom. The lowest BCUT2D eigenvalue weighted by Gasteiger charge is -2.26. The molecule has 5 nitrogen and oxygen atoms in total. The van der Waals surface area contributed by atoms with Gasteiger partial charge in [-0.2, -0.15) is 13.2 Å². The van der Waals surface area contributed by atoms with Crippen molar-refractivity contribution >= 4 is 5.95 Å². The zero-order valence-corrected chi connectivity index (χ0v) is 13.9. The van der Waals surface area contributed by atoms with E-state index in [1.165, 1.54) is 0 Å². The van der Waals surface area contributed by atoms with Crippen LogP contribution in [-0.2, 0) is 6.18 Å². The Morgan fingerprint density at radius 3 is 2.64 bits per heavy atom. The first-order valence-electron chi connectivity index (χ1n) is 7.83. The van der Waals surface area contributed by atoms with E-state index in [0.717, 1.165) is 30.7 Å². The number of hydrogen-bond donors (Lipinski definition) is 0. The second-order valence-corrected chi connectivity index (χ2v) is 5.70. The van der Waals surface area contributed by atoms with E-state index in [1.807, 2.05) is 6.07 Å². The Labute approximate surface area is 143 Å². The molecule has 0 saturated carbocycles. The molecule has 25 heavy (non-hydrogen) atoms. The quantitative estimate of drug-likeness (QED) is 0.835. The number of hydrogen-bond acceptors (Lipinski definition) is 5. The van der Waals surface area contributed by atoms with Gasteiger partial charge in [0, 0.05) is 24.4 Å². The van der Waals surface area contributed by atoms with Crippen molar-refractivity contribution in [1.82, 2.24) is 9.97 Å². The molecule has 1 aromatic heterocycles. The third-order valence-electron chi connectivity index (χ3n) is 4.24. The Kier molecular flexibility index (Phi) is 4.69. The van der Waals surface area contributed by atoms with Crippen LogP contribution in [-0.4, -0.2) is 30.7 Å². The molecule has 1 saturated heterocycles. The molecule has 0 aliphatic carbocycles. The fourth-order valence-electron chi connectivity index (χ4n) is 3.07. The molecular weight excluding hydrogens is 335 g/mol. The molecule has 0 amide bonds. The van der Waals surface area contributed by atoms with Gasteiger partial charge in [-0.1, -0.05) is 0 Å². The van der Waals surface area contributed by atoms with Gasteiger partial charge in [-0.3, -0.25) is 0 Å². The van der Waals surface area contributed by atoms with Crippen LogP contribution in [0.15, 0.2) is 30.5 Å². The van der Waals surface area contributed by atoms with Crippen molar-refractivity contribution in [3.63, 3.8) is 0 Å². The molecule has 1 unspecified atom stereocenters. The van der Waals surface area contributed by atoms with Crippen LogP contribution in [0.5, 0.6) is 11.5 Å². The number of benzene rings is 1. The van der Waals surface area contributed by atoms with Crippen LogP contribution in [0.3, 0.4) is 0 Å². The van der Waals surface area contributed by atoms with Gasteiger partial charge in [0.1, 0.15) is 17.2 Å². The van der Waals surface area contributed by atoms with Crippen molar-refractivity contribution in [2.24, 2.45) is 0 Å². The minimum absolute atomic E-state index is 0.0789. The molecule has 2 aromatic rings. The number of nitrogens with zero attached hydrogens (tertiary/aromatic N) is 3. The Bertz CT molecular complexity index is 752. The van der Waals surface area contributed by atoms with Gasteiger partial charge in [-0.25, -0.2) is 9.97 Å². The standard InChI is InChI=1S/C17H18F3N3O2/c1-24-11-5-6-12(14(10-11)25-2)13-4-3-9-23(13)16-21-8-7-15(22-16)17(18,19)20/h5-8,10,13H,3-4,9H2,1-2H3. The Morgan fingerprint density at radius 2 is 1.96 bits per heavy atom. The first kappa shape index (κ1) is 17.3. The van der Waals surface area contributed by atoms with Crippen molar-refractivity contribution in [2.75, 3.05) is 25.7 Å². The van der Waals surface area contributed by atoms with Gasteiger partial charge in [-0.05, 0) is 31.0 Å². The average Bonchev–Trinajstić information content (AvgIpc) is 3.10. The third kappa shape index (κ3) is 3.47. The first-order chi connectivity index (χ1) is 11.9. The number of methoxy groups -OCH3 is 2. The summed E-state index contributed by atoms with van der Waals surface area (Å²) in [5.74, 6) is 1.36. The predicted octanol–water partition coefficient (Wildman–Crippen LogP) is 3.85. The maximum absolute atomic E-state index is 12.9. The second-order valence-electron chi connectivity index (χ2n) is 5.70. The van der Waals surface area contributed by atoms with E-state index in [1.54, 1.807) is 31.3 Å². The van der Waals surface area contributed by atoms with Crippen molar-refractivity contribution in [3.05, 3.63) is 41.7 Å². The van der Waals surface area contributed by atoms with E-state index in [9.17, 15) is 13.2 Å². The molecule has 1 aliphatic rings. The van der Waals surface area contributed by atoms with E-state index in [4.69, 9.17) is 9.47 Å². The minimum atomic E-state index is -4.50. The van der Waals surface area contributed by atoms with E-state index < -0.39 is 11.9 Å². The lowest BCUT2D eigenvalue weighted by Crippen LogP contribution is -2.26. The predicted molar refractivity (Wildman–Crippen MR) is 85.9 cm³/mol. The van der Waals surface area contributed by atoms with E-state index in [0.29, 0.717) is 18.0 Å². The number of aromatic nitrogens is 2. The van der Waals surface area contributed by atoms with Crippen LogP contribution in [0, 0.1) is 0 Å². The SMILES string of the molecule is COc1ccc(C2CCCN2c2nccc(C(F)(F)F)n2)c(OC)c1. The topological polar surface area (TPSA) is 47.5 Å². The molecule has 0 spiro atoms. The van der Waals surface area contributed by atoms with E-state index in [-0.39, 0.29) is 12.0 Å². The van der Waals surface area contributed by atoms with Gasteiger partial charge in [0.25, 0.3) is 0 Å². The van der Waals surface area contributed by atoms with Crippen LogP contribution in [0.25, 0.3) is 0 Å². The maximum atomic E-state index is 12.9. The summed E-state index contributed by atoms with van der Waals surface area (Å²) in [6.45, 7) is 0.584. The van der Waals surface area contributed by atoms with Gasteiger partial charge in [0.2, 0.25) is 5.95 Å². The van der Waals surface area contributed by atoms with Crippen LogP contribution in [0.2, 0.25) is 0 Å². The number of halogens is 3. The molecule has 0 radical (unpaired) electrons. The molecule has 2 heterocycles.